The quantitative estimate of drug-likeness (QED) is 0.374. The Kier molecular flexibility index (Phi) is 10.7. The molecule has 3 aromatic rings. The van der Waals surface area contributed by atoms with E-state index in [-0.39, 0.29) is 11.3 Å². The van der Waals surface area contributed by atoms with Crippen LogP contribution >= 0.6 is 0 Å². The van der Waals surface area contributed by atoms with Crippen LogP contribution in [0.25, 0.3) is 16.9 Å². The second-order valence-electron chi connectivity index (χ2n) is 11.8. The van der Waals surface area contributed by atoms with Crippen LogP contribution in [-0.4, -0.2) is 69.5 Å². The van der Waals surface area contributed by atoms with Crippen LogP contribution in [0.4, 0.5) is 10.3 Å². The summed E-state index contributed by atoms with van der Waals surface area (Å²) < 4.78 is 15.9. The van der Waals surface area contributed by atoms with E-state index in [4.69, 9.17) is 0 Å². The molecule has 42 heavy (non-hydrogen) atoms. The number of pyridine rings is 1. The molecule has 6 rings (SSSR count). The number of carbonyl (C=O) groups excluding carboxylic acids is 1. The van der Waals surface area contributed by atoms with Crippen molar-refractivity contribution in [2.24, 2.45) is 5.92 Å². The summed E-state index contributed by atoms with van der Waals surface area (Å²) >= 11 is 0. The number of halogens is 1. The zero-order chi connectivity index (χ0) is 29.1. The number of hydrogen-bond donors (Lipinski definition) is 1. The van der Waals surface area contributed by atoms with Crippen molar-refractivity contribution in [3.05, 3.63) is 71.0 Å². The molecule has 2 aromatic heterocycles. The summed E-state index contributed by atoms with van der Waals surface area (Å²) in [6.07, 6.45) is 16.3. The number of likely N-dealkylation sites (tertiary alicyclic amines) is 2. The van der Waals surface area contributed by atoms with E-state index < -0.39 is 5.82 Å². The highest BCUT2D eigenvalue weighted by Gasteiger charge is 2.21. The Bertz CT molecular complexity index is 1340. The molecule has 1 saturated carbocycles. The zero-order valence-electron chi connectivity index (χ0n) is 24.5. The lowest BCUT2D eigenvalue weighted by Crippen LogP contribution is -2.39. The third-order valence-electron chi connectivity index (χ3n) is 8.67. The van der Waals surface area contributed by atoms with Gasteiger partial charge in [-0.25, -0.2) is 14.4 Å². The second kappa shape index (κ2) is 15.0. The van der Waals surface area contributed by atoms with Crippen LogP contribution in [0.3, 0.4) is 0 Å². The summed E-state index contributed by atoms with van der Waals surface area (Å²) in [5.41, 5.74) is 1.36. The van der Waals surface area contributed by atoms with Crippen molar-refractivity contribution in [3.63, 3.8) is 0 Å². The minimum absolute atomic E-state index is 0.141. The fraction of sp³-hybridized carbons (Fsp3) is 0.515. The van der Waals surface area contributed by atoms with Crippen molar-refractivity contribution in [1.82, 2.24) is 24.3 Å². The van der Waals surface area contributed by atoms with Gasteiger partial charge in [0.25, 0.3) is 5.56 Å². The molecule has 0 radical (unpaired) electrons. The molecule has 0 bridgehead atoms. The number of rotatable bonds is 7. The molecule has 1 aromatic carbocycles. The second-order valence-corrected chi connectivity index (χ2v) is 11.8. The summed E-state index contributed by atoms with van der Waals surface area (Å²) in [5.74, 6) is 0.793. The largest absolute Gasteiger partial charge is 0.351 e. The SMILES string of the molecule is O=CN1CCC(CN2CCCCC2)CC1.O=c1ccccn1-c1cccc(-c2nc(NC3CCCCC3)ncc2F)c1. The monoisotopic (exact) mass is 574 g/mol. The number of benzene rings is 1. The number of aromatic nitrogens is 3. The van der Waals surface area contributed by atoms with Gasteiger partial charge in [0.15, 0.2) is 5.82 Å². The molecule has 1 aliphatic carbocycles. The third kappa shape index (κ3) is 8.25. The maximum absolute atomic E-state index is 14.4. The first kappa shape index (κ1) is 29.9. The molecule has 0 spiro atoms. The maximum Gasteiger partial charge on any atom is 0.255 e. The van der Waals surface area contributed by atoms with E-state index >= 15 is 0 Å². The van der Waals surface area contributed by atoms with Crippen LogP contribution in [0.5, 0.6) is 0 Å². The Morgan fingerprint density at radius 1 is 0.905 bits per heavy atom. The minimum atomic E-state index is -0.484. The van der Waals surface area contributed by atoms with Gasteiger partial charge in [0.1, 0.15) is 5.69 Å². The molecule has 0 unspecified atom stereocenters. The highest BCUT2D eigenvalue weighted by atomic mass is 19.1. The van der Waals surface area contributed by atoms with E-state index in [9.17, 15) is 14.0 Å². The van der Waals surface area contributed by atoms with Crippen LogP contribution in [-0.2, 0) is 4.79 Å². The van der Waals surface area contributed by atoms with Crippen LogP contribution in [0.15, 0.2) is 59.7 Å². The summed E-state index contributed by atoms with van der Waals surface area (Å²) in [6, 6.07) is 12.5. The third-order valence-corrected chi connectivity index (χ3v) is 8.67. The first-order valence-corrected chi connectivity index (χ1v) is 15.6. The Morgan fingerprint density at radius 3 is 2.40 bits per heavy atom. The highest BCUT2D eigenvalue weighted by Crippen LogP contribution is 2.25. The van der Waals surface area contributed by atoms with Crippen LogP contribution < -0.4 is 10.9 Å². The lowest BCUT2D eigenvalue weighted by Gasteiger charge is -2.34. The number of amides is 1. The highest BCUT2D eigenvalue weighted by molar-refractivity contribution is 5.63. The molecule has 2 saturated heterocycles. The van der Waals surface area contributed by atoms with Gasteiger partial charge >= 0.3 is 0 Å². The number of piperidine rings is 2. The normalized spacial score (nSPS) is 18.6. The molecule has 9 heteroatoms. The van der Waals surface area contributed by atoms with Crippen molar-refractivity contribution >= 4 is 12.4 Å². The molecule has 2 aliphatic heterocycles. The van der Waals surface area contributed by atoms with Gasteiger partial charge in [-0.05, 0) is 75.7 Å². The predicted octanol–water partition coefficient (Wildman–Crippen LogP) is 5.52. The molecule has 3 fully saturated rings. The summed E-state index contributed by atoms with van der Waals surface area (Å²) in [5, 5.41) is 3.33. The van der Waals surface area contributed by atoms with Gasteiger partial charge < -0.3 is 15.1 Å². The van der Waals surface area contributed by atoms with Gasteiger partial charge in [-0.1, -0.05) is 43.9 Å². The lowest BCUT2D eigenvalue weighted by molar-refractivity contribution is -0.119. The van der Waals surface area contributed by atoms with Crippen LogP contribution in [0, 0.1) is 11.7 Å². The molecule has 1 N–H and O–H groups in total. The Morgan fingerprint density at radius 2 is 1.67 bits per heavy atom. The number of hydrogen-bond acceptors (Lipinski definition) is 6. The van der Waals surface area contributed by atoms with E-state index in [2.05, 4.69) is 20.2 Å². The smallest absolute Gasteiger partial charge is 0.255 e. The predicted molar refractivity (Wildman–Crippen MR) is 164 cm³/mol. The van der Waals surface area contributed by atoms with Crippen LogP contribution in [0.2, 0.25) is 0 Å². The van der Waals surface area contributed by atoms with Crippen LogP contribution in [0.1, 0.15) is 64.2 Å². The molecule has 0 atom stereocenters. The van der Waals surface area contributed by atoms with E-state index in [1.54, 1.807) is 36.5 Å². The fourth-order valence-corrected chi connectivity index (χ4v) is 6.26. The molecular formula is C33H43FN6O2. The first-order chi connectivity index (χ1) is 20.6. The number of nitrogens with zero attached hydrogens (tertiary/aromatic N) is 5. The van der Waals surface area contributed by atoms with Gasteiger partial charge in [-0.2, -0.15) is 0 Å². The summed E-state index contributed by atoms with van der Waals surface area (Å²) in [7, 11) is 0. The first-order valence-electron chi connectivity index (χ1n) is 15.6. The lowest BCUT2D eigenvalue weighted by atomic mass is 9.95. The molecule has 224 valence electrons. The molecule has 1 amide bonds. The van der Waals surface area contributed by atoms with Crippen molar-refractivity contribution in [2.75, 3.05) is 38.0 Å². The van der Waals surface area contributed by atoms with Crippen molar-refractivity contribution in [3.8, 4) is 16.9 Å². The van der Waals surface area contributed by atoms with E-state index in [0.717, 1.165) is 38.3 Å². The van der Waals surface area contributed by atoms with E-state index in [0.29, 0.717) is 23.2 Å². The molecular weight excluding hydrogens is 531 g/mol. The zero-order valence-corrected chi connectivity index (χ0v) is 24.5. The summed E-state index contributed by atoms with van der Waals surface area (Å²) in [4.78, 5) is 35.7. The maximum atomic E-state index is 14.4. The van der Waals surface area contributed by atoms with Crippen molar-refractivity contribution in [1.29, 1.82) is 0 Å². The Labute approximate surface area is 248 Å². The Hall–Kier alpha value is -3.59. The van der Waals surface area contributed by atoms with Gasteiger partial charge in [0, 0.05) is 49.2 Å². The van der Waals surface area contributed by atoms with Gasteiger partial charge in [-0.3, -0.25) is 14.2 Å². The summed E-state index contributed by atoms with van der Waals surface area (Å²) in [6.45, 7) is 5.82. The number of nitrogens with one attached hydrogen (secondary N) is 1. The average molecular weight is 575 g/mol. The van der Waals surface area contributed by atoms with E-state index in [1.807, 2.05) is 11.0 Å². The molecule has 3 aliphatic rings. The van der Waals surface area contributed by atoms with E-state index in [1.165, 1.54) is 87.8 Å². The topological polar surface area (TPSA) is 83.4 Å². The average Bonchev–Trinajstić information content (AvgIpc) is 3.04. The van der Waals surface area contributed by atoms with Crippen molar-refractivity contribution < 1.29 is 9.18 Å². The Balaban J connectivity index is 0.000000199. The molecule has 4 heterocycles. The van der Waals surface area contributed by atoms with Gasteiger partial charge in [0.05, 0.1) is 6.20 Å². The van der Waals surface area contributed by atoms with Gasteiger partial charge in [-0.15, -0.1) is 0 Å². The fourth-order valence-electron chi connectivity index (χ4n) is 6.26. The minimum Gasteiger partial charge on any atom is -0.351 e. The molecule has 8 nitrogen and oxygen atoms in total. The number of carbonyl (C=O) groups is 1. The number of anilines is 1. The van der Waals surface area contributed by atoms with Crippen molar-refractivity contribution in [2.45, 2.75) is 70.3 Å². The van der Waals surface area contributed by atoms with Gasteiger partial charge in [0.2, 0.25) is 12.4 Å². The standard InChI is InChI=1S/C21H21FN4O.C12H22N2O/c22-18-14-23-21(24-16-8-2-1-3-9-16)25-20(18)15-7-6-10-17(13-15)26-12-5-4-11-19(26)27;15-11-14-8-4-12(5-9-14)10-13-6-2-1-3-7-13/h4-7,10-14,16H,1-3,8-9H2,(H,23,24,25);11-12H,1-10H2.